The van der Waals surface area contributed by atoms with Crippen molar-refractivity contribution in [2.24, 2.45) is 0 Å². The van der Waals surface area contributed by atoms with Crippen LogP contribution in [-0.4, -0.2) is 4.57 Å². The predicted octanol–water partition coefficient (Wildman–Crippen LogP) is 9.18. The molecule has 1 saturated carbocycles. The molecule has 0 radical (unpaired) electrons. The van der Waals surface area contributed by atoms with Crippen molar-refractivity contribution in [3.8, 4) is 28.3 Å². The van der Waals surface area contributed by atoms with Crippen LogP contribution in [0.25, 0.3) is 50.3 Å². The number of furan rings is 1. The van der Waals surface area contributed by atoms with Gasteiger partial charge in [-0.15, -0.1) is 0 Å². The fraction of sp³-hybridized carbons (Fsp3) is 0.256. The third-order valence-electron chi connectivity index (χ3n) is 11.5. The van der Waals surface area contributed by atoms with Gasteiger partial charge in [-0.1, -0.05) is 93.4 Å². The number of aryl methyl sites for hydroxylation is 2. The summed E-state index contributed by atoms with van der Waals surface area (Å²) in [5.74, 6) is 1.77. The van der Waals surface area contributed by atoms with Crippen molar-refractivity contribution < 1.29 is 13.6 Å². The maximum Gasteiger partial charge on any atom is 0.294 e. The van der Waals surface area contributed by atoms with Crippen molar-refractivity contribution in [1.29, 1.82) is 0 Å². The SMILES string of the molecule is CCCc1cccc(CCC)c1-n1cc[n+]2c1-c1ccccc1C1CC3(C[n+]4ccccc4-c4c3ccc3c4oc4ccccc43)C12. The Hall–Kier alpha value is -4.96. The van der Waals surface area contributed by atoms with E-state index < -0.39 is 0 Å². The van der Waals surface area contributed by atoms with E-state index in [1.807, 2.05) is 0 Å². The molecule has 47 heavy (non-hydrogen) atoms. The van der Waals surface area contributed by atoms with Gasteiger partial charge >= 0.3 is 0 Å². The molecule has 4 aromatic carbocycles. The Morgan fingerprint density at radius 1 is 0.787 bits per heavy atom. The van der Waals surface area contributed by atoms with E-state index in [-0.39, 0.29) is 5.41 Å². The van der Waals surface area contributed by atoms with E-state index in [4.69, 9.17) is 4.42 Å². The third kappa shape index (κ3) is 3.59. The van der Waals surface area contributed by atoms with Gasteiger partial charge in [0, 0.05) is 28.8 Å². The molecule has 10 rings (SSSR count). The molecule has 1 aliphatic carbocycles. The monoisotopic (exact) mass is 613 g/mol. The van der Waals surface area contributed by atoms with E-state index in [1.54, 1.807) is 0 Å². The second-order valence-corrected chi connectivity index (χ2v) is 14.0. The Bertz CT molecular complexity index is 2350. The highest BCUT2D eigenvalue weighted by molar-refractivity contribution is 6.10. The van der Waals surface area contributed by atoms with E-state index in [0.717, 1.165) is 49.8 Å². The molecule has 4 heteroatoms. The van der Waals surface area contributed by atoms with Crippen LogP contribution >= 0.6 is 0 Å². The van der Waals surface area contributed by atoms with Gasteiger partial charge in [-0.05, 0) is 59.7 Å². The average Bonchev–Trinajstić information content (AvgIpc) is 3.69. The molecule has 1 spiro atoms. The zero-order valence-corrected chi connectivity index (χ0v) is 27.1. The Balaban J connectivity index is 1.23. The van der Waals surface area contributed by atoms with Gasteiger partial charge in [0.05, 0.1) is 16.5 Å². The minimum Gasteiger partial charge on any atom is -0.455 e. The van der Waals surface area contributed by atoms with Crippen molar-refractivity contribution in [3.63, 3.8) is 0 Å². The van der Waals surface area contributed by atoms with Gasteiger partial charge in [-0.3, -0.25) is 0 Å². The van der Waals surface area contributed by atoms with Crippen molar-refractivity contribution in [2.75, 3.05) is 0 Å². The van der Waals surface area contributed by atoms with Crippen LogP contribution in [0.4, 0.5) is 0 Å². The highest BCUT2D eigenvalue weighted by Gasteiger charge is 2.66. The van der Waals surface area contributed by atoms with Gasteiger partial charge in [0.25, 0.3) is 5.82 Å². The molecule has 0 N–H and O–H groups in total. The number of para-hydroxylation sites is 2. The average molecular weight is 614 g/mol. The lowest BCUT2D eigenvalue weighted by molar-refractivity contribution is -0.767. The lowest BCUT2D eigenvalue weighted by Crippen LogP contribution is -2.69. The Labute approximate surface area is 275 Å². The first-order valence-electron chi connectivity index (χ1n) is 17.5. The lowest BCUT2D eigenvalue weighted by Gasteiger charge is -2.55. The van der Waals surface area contributed by atoms with Crippen LogP contribution in [0.15, 0.2) is 120 Å². The van der Waals surface area contributed by atoms with Crippen LogP contribution in [0, 0.1) is 0 Å². The summed E-state index contributed by atoms with van der Waals surface area (Å²) in [7, 11) is 0. The lowest BCUT2D eigenvalue weighted by atomic mass is 9.50. The fourth-order valence-electron chi connectivity index (χ4n) is 9.70. The molecule has 3 atom stereocenters. The van der Waals surface area contributed by atoms with Crippen LogP contribution in [-0.2, 0) is 24.8 Å². The predicted molar refractivity (Wildman–Crippen MR) is 187 cm³/mol. The largest absolute Gasteiger partial charge is 0.455 e. The van der Waals surface area contributed by atoms with Gasteiger partial charge in [0.1, 0.15) is 35.3 Å². The molecule has 3 aliphatic rings. The maximum absolute atomic E-state index is 6.74. The fourth-order valence-corrected chi connectivity index (χ4v) is 9.70. The number of rotatable bonds is 5. The van der Waals surface area contributed by atoms with Crippen LogP contribution < -0.4 is 9.13 Å². The van der Waals surface area contributed by atoms with E-state index >= 15 is 0 Å². The minimum atomic E-state index is -0.0689. The highest BCUT2D eigenvalue weighted by atomic mass is 16.3. The van der Waals surface area contributed by atoms with Crippen molar-refractivity contribution >= 4 is 21.9 Å². The molecule has 0 amide bonds. The third-order valence-corrected chi connectivity index (χ3v) is 11.5. The molecule has 3 unspecified atom stereocenters. The zero-order chi connectivity index (χ0) is 31.3. The van der Waals surface area contributed by atoms with Crippen LogP contribution in [0.2, 0.25) is 0 Å². The summed E-state index contributed by atoms with van der Waals surface area (Å²) < 4.78 is 14.4. The number of hydrogen-bond donors (Lipinski definition) is 0. The summed E-state index contributed by atoms with van der Waals surface area (Å²) in [4.78, 5) is 0. The molecule has 5 heterocycles. The number of benzene rings is 4. The number of imidazole rings is 1. The molecule has 230 valence electrons. The molecule has 0 bridgehead atoms. The summed E-state index contributed by atoms with van der Waals surface area (Å²) in [6.45, 7) is 5.54. The quantitative estimate of drug-likeness (QED) is 0.178. The summed E-state index contributed by atoms with van der Waals surface area (Å²) in [6.07, 6.45) is 12.6. The molecule has 4 nitrogen and oxygen atoms in total. The smallest absolute Gasteiger partial charge is 0.294 e. The summed E-state index contributed by atoms with van der Waals surface area (Å²) in [6, 6.07) is 36.4. The van der Waals surface area contributed by atoms with Gasteiger partial charge in [0.15, 0.2) is 12.7 Å². The molecule has 0 saturated heterocycles. The molecular formula is C43H39N3O+2. The summed E-state index contributed by atoms with van der Waals surface area (Å²) in [5.41, 5.74) is 13.0. The van der Waals surface area contributed by atoms with Crippen molar-refractivity contribution in [1.82, 2.24) is 4.57 Å². The van der Waals surface area contributed by atoms with Gasteiger partial charge in [-0.2, -0.15) is 9.13 Å². The number of fused-ring (bicyclic) bond motifs is 15. The second kappa shape index (κ2) is 10.0. The summed E-state index contributed by atoms with van der Waals surface area (Å²) in [5, 5.41) is 2.39. The minimum absolute atomic E-state index is 0.0689. The van der Waals surface area contributed by atoms with Gasteiger partial charge in [-0.25, -0.2) is 4.57 Å². The van der Waals surface area contributed by atoms with Gasteiger partial charge < -0.3 is 4.42 Å². The Morgan fingerprint density at radius 3 is 2.43 bits per heavy atom. The standard InChI is InChI=1S/C43H39N3O/c1-3-12-28-14-11-15-29(13-4-2)39(28)45-24-25-46-41-34(30-16-5-6-18-33(30)42(45)46)26-43(41)27-44-23-10-9-19-36(44)38-35(43)22-21-32-31-17-7-8-20-37(31)47-40(32)38/h5-11,14-25,34,41H,3-4,12-13,26-27H2,1-2H3/q+2. The molecule has 3 aromatic heterocycles. The number of nitrogens with zero attached hydrogens (tertiary/aromatic N) is 3. The first kappa shape index (κ1) is 27.2. The molecule has 2 aliphatic heterocycles. The van der Waals surface area contributed by atoms with E-state index in [1.165, 1.54) is 61.4 Å². The molecular weight excluding hydrogens is 574 g/mol. The van der Waals surface area contributed by atoms with Crippen LogP contribution in [0.5, 0.6) is 0 Å². The number of pyridine rings is 1. The number of aromatic nitrogens is 3. The van der Waals surface area contributed by atoms with Crippen molar-refractivity contribution in [3.05, 3.63) is 138 Å². The van der Waals surface area contributed by atoms with E-state index in [2.05, 4.69) is 143 Å². The van der Waals surface area contributed by atoms with Crippen molar-refractivity contribution in [2.45, 2.75) is 69.9 Å². The van der Waals surface area contributed by atoms with E-state index in [0.29, 0.717) is 12.0 Å². The van der Waals surface area contributed by atoms with E-state index in [9.17, 15) is 0 Å². The Kier molecular flexibility index (Phi) is 5.79. The maximum atomic E-state index is 6.74. The zero-order valence-electron chi connectivity index (χ0n) is 27.1. The van der Waals surface area contributed by atoms with Gasteiger partial charge in [0.2, 0.25) is 5.69 Å². The highest BCUT2D eigenvalue weighted by Crippen LogP contribution is 2.64. The summed E-state index contributed by atoms with van der Waals surface area (Å²) >= 11 is 0. The first-order chi connectivity index (χ1) is 23.2. The molecule has 7 aromatic rings. The second-order valence-electron chi connectivity index (χ2n) is 14.0. The normalized spacial score (nSPS) is 20.4. The van der Waals surface area contributed by atoms with Crippen LogP contribution in [0.1, 0.15) is 67.3 Å². The molecule has 1 fully saturated rings. The Morgan fingerprint density at radius 2 is 1.57 bits per heavy atom. The van der Waals surface area contributed by atoms with Crippen LogP contribution in [0.3, 0.4) is 0 Å². The topological polar surface area (TPSA) is 25.8 Å². The number of hydrogen-bond acceptors (Lipinski definition) is 1. The first-order valence-corrected chi connectivity index (χ1v) is 17.5.